The molecule has 2 N–H and O–H groups in total. The molecule has 0 aliphatic carbocycles. The largest absolute Gasteiger partial charge is 0.707 e. The lowest BCUT2D eigenvalue weighted by molar-refractivity contribution is 0.0867. The first-order chi connectivity index (χ1) is 16.5. The lowest BCUT2D eigenvalue weighted by atomic mass is 10.1. The molecule has 11 nitrogen and oxygen atoms in total. The van der Waals surface area contributed by atoms with Gasteiger partial charge in [0.1, 0.15) is 17.9 Å². The number of rotatable bonds is 7. The van der Waals surface area contributed by atoms with Crippen LogP contribution in [-0.4, -0.2) is 57.7 Å². The zero-order valence-corrected chi connectivity index (χ0v) is 18.4. The fourth-order valence-corrected chi connectivity index (χ4v) is 3.74. The molecule has 174 valence electrons. The van der Waals surface area contributed by atoms with Crippen molar-refractivity contribution in [3.63, 3.8) is 0 Å². The average Bonchev–Trinajstić information content (AvgIpc) is 3.24. The number of pyridine rings is 2. The van der Waals surface area contributed by atoms with Gasteiger partial charge in [0.05, 0.1) is 33.3 Å². The standard InChI is InChI=1S/C22H21BN4O7/c1-30-17-5-13(10-27-12-26-16-7-15(34-23(28)29)9-25-22(16)27)6-18-21(17)33-19(11-32-18)14-3-4-20(31-2)24-8-14/h3-9,12,19,28-29H,10-11H2,1-2H3. The van der Waals surface area contributed by atoms with Crippen LogP contribution in [0.4, 0.5) is 0 Å². The van der Waals surface area contributed by atoms with Gasteiger partial charge >= 0.3 is 7.32 Å². The SMILES string of the molecule is COc1ccc(C2COc3cc(Cn4cnc5cc(OB(O)O)cnc54)cc(OC)c3O2)cn1. The van der Waals surface area contributed by atoms with E-state index in [0.29, 0.717) is 47.4 Å². The van der Waals surface area contributed by atoms with Gasteiger partial charge in [0.2, 0.25) is 11.6 Å². The molecule has 1 aliphatic rings. The van der Waals surface area contributed by atoms with Crippen molar-refractivity contribution in [2.24, 2.45) is 0 Å². The number of aromatic nitrogens is 4. The highest BCUT2D eigenvalue weighted by Gasteiger charge is 2.27. The molecule has 4 aromatic rings. The molecule has 0 saturated heterocycles. The van der Waals surface area contributed by atoms with E-state index < -0.39 is 7.32 Å². The Morgan fingerprint density at radius 3 is 2.71 bits per heavy atom. The zero-order chi connectivity index (χ0) is 23.7. The van der Waals surface area contributed by atoms with E-state index in [4.69, 9.17) is 33.6 Å². The second kappa shape index (κ2) is 9.08. The summed E-state index contributed by atoms with van der Waals surface area (Å²) < 4.78 is 29.6. The second-order valence-corrected chi connectivity index (χ2v) is 7.51. The van der Waals surface area contributed by atoms with E-state index in [-0.39, 0.29) is 11.9 Å². The third kappa shape index (κ3) is 4.28. The predicted molar refractivity (Wildman–Crippen MR) is 120 cm³/mol. The first kappa shape index (κ1) is 21.8. The molecule has 0 saturated carbocycles. The fraction of sp³-hybridized carbons (Fsp3) is 0.227. The summed E-state index contributed by atoms with van der Waals surface area (Å²) in [6.07, 6.45) is 4.42. The van der Waals surface area contributed by atoms with Gasteiger partial charge in [-0.1, -0.05) is 0 Å². The number of imidazole rings is 1. The van der Waals surface area contributed by atoms with Gasteiger partial charge in [0, 0.05) is 23.9 Å². The molecule has 0 amide bonds. The number of ether oxygens (including phenoxy) is 4. The molecule has 0 radical (unpaired) electrons. The smallest absolute Gasteiger partial charge is 0.511 e. The molecule has 1 aromatic carbocycles. The van der Waals surface area contributed by atoms with Gasteiger partial charge in [-0.05, 0) is 23.8 Å². The molecule has 1 atom stereocenters. The van der Waals surface area contributed by atoms with Crippen LogP contribution in [0.3, 0.4) is 0 Å². The maximum Gasteiger partial charge on any atom is 0.707 e. The van der Waals surface area contributed by atoms with Crippen LogP contribution in [0.5, 0.6) is 28.9 Å². The van der Waals surface area contributed by atoms with Gasteiger partial charge < -0.3 is 38.2 Å². The first-order valence-corrected chi connectivity index (χ1v) is 10.4. The summed E-state index contributed by atoms with van der Waals surface area (Å²) in [6, 6.07) is 9.02. The Bertz CT molecular complexity index is 1300. The number of nitrogens with zero attached hydrogens (tertiary/aromatic N) is 4. The summed E-state index contributed by atoms with van der Waals surface area (Å²) in [5.74, 6) is 2.38. The van der Waals surface area contributed by atoms with Crippen molar-refractivity contribution >= 4 is 18.5 Å². The molecule has 34 heavy (non-hydrogen) atoms. The van der Waals surface area contributed by atoms with Crippen LogP contribution >= 0.6 is 0 Å². The third-order valence-corrected chi connectivity index (χ3v) is 5.32. The predicted octanol–water partition coefficient (Wildman–Crippen LogP) is 1.75. The molecule has 0 bridgehead atoms. The van der Waals surface area contributed by atoms with Crippen molar-refractivity contribution in [3.8, 4) is 28.9 Å². The number of benzene rings is 1. The monoisotopic (exact) mass is 464 g/mol. The van der Waals surface area contributed by atoms with E-state index in [2.05, 4.69) is 15.0 Å². The molecule has 5 rings (SSSR count). The van der Waals surface area contributed by atoms with Crippen LogP contribution in [0.2, 0.25) is 0 Å². The molecule has 12 heteroatoms. The highest BCUT2D eigenvalue weighted by Crippen LogP contribution is 2.44. The van der Waals surface area contributed by atoms with E-state index >= 15 is 0 Å². The number of methoxy groups -OCH3 is 2. The van der Waals surface area contributed by atoms with Gasteiger partial charge in [-0.25, -0.2) is 15.0 Å². The molecule has 4 heterocycles. The molecular weight excluding hydrogens is 443 g/mol. The third-order valence-electron chi connectivity index (χ3n) is 5.32. The van der Waals surface area contributed by atoms with E-state index in [1.54, 1.807) is 38.9 Å². The van der Waals surface area contributed by atoms with Crippen molar-refractivity contribution in [3.05, 3.63) is 60.2 Å². The van der Waals surface area contributed by atoms with Gasteiger partial charge in [0.15, 0.2) is 23.3 Å². The van der Waals surface area contributed by atoms with Crippen LogP contribution in [0.1, 0.15) is 17.2 Å². The Balaban J connectivity index is 1.39. The lowest BCUT2D eigenvalue weighted by Gasteiger charge is -2.28. The van der Waals surface area contributed by atoms with Gasteiger partial charge in [-0.15, -0.1) is 0 Å². The molecular formula is C22H21BN4O7. The Labute approximate surface area is 194 Å². The van der Waals surface area contributed by atoms with Crippen molar-refractivity contribution in [2.75, 3.05) is 20.8 Å². The highest BCUT2D eigenvalue weighted by atomic mass is 16.6. The Kier molecular flexibility index (Phi) is 5.82. The van der Waals surface area contributed by atoms with Gasteiger partial charge in [-0.2, -0.15) is 0 Å². The van der Waals surface area contributed by atoms with Crippen LogP contribution in [0, 0.1) is 0 Å². The lowest BCUT2D eigenvalue weighted by Crippen LogP contribution is -2.22. The molecule has 0 spiro atoms. The summed E-state index contributed by atoms with van der Waals surface area (Å²) in [5, 5.41) is 17.9. The second-order valence-electron chi connectivity index (χ2n) is 7.51. The van der Waals surface area contributed by atoms with E-state index in [1.807, 2.05) is 22.8 Å². The van der Waals surface area contributed by atoms with Crippen molar-refractivity contribution in [1.82, 2.24) is 19.5 Å². The van der Waals surface area contributed by atoms with E-state index in [1.165, 1.54) is 6.20 Å². The number of hydrogen-bond donors (Lipinski definition) is 2. The first-order valence-electron chi connectivity index (χ1n) is 10.4. The Hall–Kier alpha value is -4.03. The maximum absolute atomic E-state index is 8.96. The van der Waals surface area contributed by atoms with Gasteiger partial charge in [0.25, 0.3) is 0 Å². The summed E-state index contributed by atoms with van der Waals surface area (Å²) in [7, 11) is 1.22. The quantitative estimate of drug-likeness (QED) is 0.390. The minimum Gasteiger partial charge on any atom is -0.511 e. The molecule has 0 fully saturated rings. The van der Waals surface area contributed by atoms with Crippen LogP contribution < -0.4 is 23.6 Å². The zero-order valence-electron chi connectivity index (χ0n) is 18.4. The van der Waals surface area contributed by atoms with Crippen LogP contribution in [-0.2, 0) is 6.54 Å². The summed E-state index contributed by atoms with van der Waals surface area (Å²) in [5.41, 5.74) is 2.93. The summed E-state index contributed by atoms with van der Waals surface area (Å²) in [4.78, 5) is 12.9. The Morgan fingerprint density at radius 2 is 1.97 bits per heavy atom. The summed E-state index contributed by atoms with van der Waals surface area (Å²) in [6.45, 7) is 0.772. The normalized spacial score (nSPS) is 14.6. The van der Waals surface area contributed by atoms with E-state index in [0.717, 1.165) is 11.1 Å². The molecule has 1 aliphatic heterocycles. The minimum atomic E-state index is -1.92. The van der Waals surface area contributed by atoms with Crippen molar-refractivity contribution < 1.29 is 33.6 Å². The summed E-state index contributed by atoms with van der Waals surface area (Å²) >= 11 is 0. The molecule has 3 aromatic heterocycles. The average molecular weight is 464 g/mol. The molecule has 1 unspecified atom stereocenters. The fourth-order valence-electron chi connectivity index (χ4n) is 3.74. The van der Waals surface area contributed by atoms with Crippen LogP contribution in [0.15, 0.2) is 49.1 Å². The van der Waals surface area contributed by atoms with Gasteiger partial charge in [-0.3, -0.25) is 0 Å². The highest BCUT2D eigenvalue weighted by molar-refractivity contribution is 6.33. The van der Waals surface area contributed by atoms with E-state index in [9.17, 15) is 0 Å². The van der Waals surface area contributed by atoms with Crippen molar-refractivity contribution in [2.45, 2.75) is 12.6 Å². The topological polar surface area (TPSA) is 130 Å². The van der Waals surface area contributed by atoms with Crippen molar-refractivity contribution in [1.29, 1.82) is 0 Å². The Morgan fingerprint density at radius 1 is 1.09 bits per heavy atom. The van der Waals surface area contributed by atoms with Crippen LogP contribution in [0.25, 0.3) is 11.2 Å². The number of fused-ring (bicyclic) bond motifs is 2. The minimum absolute atomic E-state index is 0.204. The number of hydrogen-bond acceptors (Lipinski definition) is 10. The maximum atomic E-state index is 8.96.